The number of benzene rings is 1. The van der Waals surface area contributed by atoms with E-state index in [0.717, 1.165) is 19.4 Å². The molecule has 1 aliphatic heterocycles. The van der Waals surface area contributed by atoms with Crippen LogP contribution in [0, 0.1) is 0 Å². The SMILES string of the molecule is CCCCCCCCc1ccc([C@H](C)NC(=O)C2CCCN2)cc1. The van der Waals surface area contributed by atoms with Gasteiger partial charge in [-0.25, -0.2) is 0 Å². The molecule has 1 aromatic rings. The molecule has 0 aromatic heterocycles. The lowest BCUT2D eigenvalue weighted by atomic mass is 10.0. The Labute approximate surface area is 147 Å². The summed E-state index contributed by atoms with van der Waals surface area (Å²) >= 11 is 0. The van der Waals surface area contributed by atoms with Crippen LogP contribution >= 0.6 is 0 Å². The Kier molecular flexibility index (Phi) is 8.31. The average Bonchev–Trinajstić information content (AvgIpc) is 3.13. The van der Waals surface area contributed by atoms with Gasteiger partial charge >= 0.3 is 0 Å². The van der Waals surface area contributed by atoms with Crippen molar-refractivity contribution in [1.29, 1.82) is 0 Å². The second-order valence-corrected chi connectivity index (χ2v) is 7.14. The van der Waals surface area contributed by atoms with E-state index in [4.69, 9.17) is 0 Å². The predicted molar refractivity (Wildman–Crippen MR) is 101 cm³/mol. The second kappa shape index (κ2) is 10.5. The Hall–Kier alpha value is -1.35. The molecule has 1 aliphatic rings. The molecule has 0 aliphatic carbocycles. The molecule has 3 nitrogen and oxygen atoms in total. The highest BCUT2D eigenvalue weighted by atomic mass is 16.2. The molecule has 2 rings (SSSR count). The van der Waals surface area contributed by atoms with Crippen molar-refractivity contribution in [3.05, 3.63) is 35.4 Å². The highest BCUT2D eigenvalue weighted by Crippen LogP contribution is 2.16. The summed E-state index contributed by atoms with van der Waals surface area (Å²) < 4.78 is 0. The molecule has 134 valence electrons. The van der Waals surface area contributed by atoms with Crippen molar-refractivity contribution >= 4 is 5.91 Å². The third-order valence-electron chi connectivity index (χ3n) is 5.03. The third kappa shape index (κ3) is 6.27. The Morgan fingerprint density at radius 2 is 1.88 bits per heavy atom. The molecule has 0 saturated carbocycles. The van der Waals surface area contributed by atoms with E-state index in [2.05, 4.69) is 48.7 Å². The first-order chi connectivity index (χ1) is 11.7. The number of aryl methyl sites for hydroxylation is 1. The van der Waals surface area contributed by atoms with Gasteiger partial charge < -0.3 is 10.6 Å². The fraction of sp³-hybridized carbons (Fsp3) is 0.667. The zero-order valence-corrected chi connectivity index (χ0v) is 15.4. The smallest absolute Gasteiger partial charge is 0.237 e. The minimum atomic E-state index is -0.000526. The normalized spacial score (nSPS) is 18.5. The van der Waals surface area contributed by atoms with Gasteiger partial charge in [-0.3, -0.25) is 4.79 Å². The maximum absolute atomic E-state index is 12.2. The van der Waals surface area contributed by atoms with Crippen LogP contribution in [0.1, 0.15) is 82.4 Å². The standard InChI is InChI=1S/C21H34N2O/c1-3-4-5-6-7-8-10-18-12-14-19(15-13-18)17(2)23-21(24)20-11-9-16-22-20/h12-15,17,20,22H,3-11,16H2,1-2H3,(H,23,24)/t17-,20?/m0/s1. The van der Waals surface area contributed by atoms with Gasteiger partial charge in [-0.1, -0.05) is 63.3 Å². The molecule has 2 N–H and O–H groups in total. The number of unbranched alkanes of at least 4 members (excludes halogenated alkanes) is 5. The molecule has 3 heteroatoms. The zero-order chi connectivity index (χ0) is 17.2. The van der Waals surface area contributed by atoms with Crippen molar-refractivity contribution in [2.75, 3.05) is 6.54 Å². The maximum atomic E-state index is 12.2. The largest absolute Gasteiger partial charge is 0.348 e. The van der Waals surface area contributed by atoms with Crippen LogP contribution in [0.3, 0.4) is 0 Å². The highest BCUT2D eigenvalue weighted by molar-refractivity contribution is 5.82. The number of carbonyl (C=O) groups is 1. The summed E-state index contributed by atoms with van der Waals surface area (Å²) in [4.78, 5) is 12.2. The second-order valence-electron chi connectivity index (χ2n) is 7.14. The molecular weight excluding hydrogens is 296 g/mol. The number of carbonyl (C=O) groups excluding carboxylic acids is 1. The van der Waals surface area contributed by atoms with Crippen LogP contribution in [0.4, 0.5) is 0 Å². The van der Waals surface area contributed by atoms with E-state index >= 15 is 0 Å². The lowest BCUT2D eigenvalue weighted by Gasteiger charge is -2.18. The van der Waals surface area contributed by atoms with Crippen molar-refractivity contribution in [1.82, 2.24) is 10.6 Å². The van der Waals surface area contributed by atoms with E-state index in [-0.39, 0.29) is 18.0 Å². The number of amides is 1. The average molecular weight is 331 g/mol. The van der Waals surface area contributed by atoms with Gasteiger partial charge in [0, 0.05) is 0 Å². The number of hydrogen-bond donors (Lipinski definition) is 2. The van der Waals surface area contributed by atoms with Crippen molar-refractivity contribution in [3.8, 4) is 0 Å². The van der Waals surface area contributed by atoms with Gasteiger partial charge in [0.2, 0.25) is 5.91 Å². The summed E-state index contributed by atoms with van der Waals surface area (Å²) in [6, 6.07) is 8.84. The quantitative estimate of drug-likeness (QED) is 0.619. The van der Waals surface area contributed by atoms with Crippen molar-refractivity contribution in [2.45, 2.75) is 83.7 Å². The summed E-state index contributed by atoms with van der Waals surface area (Å²) in [5.41, 5.74) is 2.60. The van der Waals surface area contributed by atoms with Gasteiger partial charge in [-0.2, -0.15) is 0 Å². The molecule has 2 atom stereocenters. The Bertz CT molecular complexity index is 477. The third-order valence-corrected chi connectivity index (χ3v) is 5.03. The fourth-order valence-electron chi connectivity index (χ4n) is 3.39. The lowest BCUT2D eigenvalue weighted by Crippen LogP contribution is -2.41. The van der Waals surface area contributed by atoms with Crippen LogP contribution in [0.15, 0.2) is 24.3 Å². The summed E-state index contributed by atoms with van der Waals surface area (Å²) in [6.07, 6.45) is 11.3. The van der Waals surface area contributed by atoms with Gasteiger partial charge in [-0.15, -0.1) is 0 Å². The van der Waals surface area contributed by atoms with Crippen molar-refractivity contribution in [3.63, 3.8) is 0 Å². The molecule has 1 unspecified atom stereocenters. The monoisotopic (exact) mass is 330 g/mol. The Morgan fingerprint density at radius 1 is 1.17 bits per heavy atom. The number of hydrogen-bond acceptors (Lipinski definition) is 2. The van der Waals surface area contributed by atoms with Crippen LogP contribution < -0.4 is 10.6 Å². The zero-order valence-electron chi connectivity index (χ0n) is 15.4. The van der Waals surface area contributed by atoms with Crippen molar-refractivity contribution < 1.29 is 4.79 Å². The summed E-state index contributed by atoms with van der Waals surface area (Å²) in [7, 11) is 0. The topological polar surface area (TPSA) is 41.1 Å². The van der Waals surface area contributed by atoms with E-state index in [9.17, 15) is 4.79 Å². The van der Waals surface area contributed by atoms with Crippen LogP contribution in [0.2, 0.25) is 0 Å². The number of nitrogens with one attached hydrogen (secondary N) is 2. The summed E-state index contributed by atoms with van der Waals surface area (Å²) in [5, 5.41) is 6.38. The van der Waals surface area contributed by atoms with Gasteiger partial charge in [0.05, 0.1) is 12.1 Å². The van der Waals surface area contributed by atoms with Gasteiger partial charge in [0.15, 0.2) is 0 Å². The molecule has 1 aromatic carbocycles. The summed E-state index contributed by atoms with van der Waals surface area (Å²) in [6.45, 7) is 5.28. The van der Waals surface area contributed by atoms with E-state index in [1.807, 2.05) is 0 Å². The van der Waals surface area contributed by atoms with Gasteiger partial charge in [0.25, 0.3) is 0 Å². The molecule has 24 heavy (non-hydrogen) atoms. The minimum Gasteiger partial charge on any atom is -0.348 e. The van der Waals surface area contributed by atoms with Gasteiger partial charge in [0.1, 0.15) is 0 Å². The molecule has 0 spiro atoms. The van der Waals surface area contributed by atoms with Crippen LogP contribution in [-0.4, -0.2) is 18.5 Å². The van der Waals surface area contributed by atoms with Crippen LogP contribution in [0.5, 0.6) is 0 Å². The Morgan fingerprint density at radius 3 is 2.54 bits per heavy atom. The van der Waals surface area contributed by atoms with Crippen molar-refractivity contribution in [2.24, 2.45) is 0 Å². The predicted octanol–water partition coefficient (Wildman–Crippen LogP) is 4.52. The Balaban J connectivity index is 1.71. The van der Waals surface area contributed by atoms with Crippen LogP contribution in [-0.2, 0) is 11.2 Å². The lowest BCUT2D eigenvalue weighted by molar-refractivity contribution is -0.123. The molecule has 0 radical (unpaired) electrons. The highest BCUT2D eigenvalue weighted by Gasteiger charge is 2.23. The first-order valence-corrected chi connectivity index (χ1v) is 9.83. The summed E-state index contributed by atoms with van der Waals surface area (Å²) in [5.74, 6) is 0.135. The minimum absolute atomic E-state index is 0.000526. The molecule has 1 amide bonds. The van der Waals surface area contributed by atoms with E-state index < -0.39 is 0 Å². The van der Waals surface area contributed by atoms with E-state index in [1.165, 1.54) is 56.1 Å². The van der Waals surface area contributed by atoms with E-state index in [1.54, 1.807) is 0 Å². The molecule has 0 bridgehead atoms. The molecular formula is C21H34N2O. The first kappa shape index (κ1) is 19.0. The van der Waals surface area contributed by atoms with Gasteiger partial charge in [-0.05, 0) is 50.3 Å². The van der Waals surface area contributed by atoms with Crippen LogP contribution in [0.25, 0.3) is 0 Å². The number of rotatable bonds is 10. The molecule has 1 saturated heterocycles. The molecule has 1 fully saturated rings. The molecule has 1 heterocycles. The fourth-order valence-corrected chi connectivity index (χ4v) is 3.39. The maximum Gasteiger partial charge on any atom is 0.237 e. The van der Waals surface area contributed by atoms with E-state index in [0.29, 0.717) is 0 Å². The first-order valence-electron chi connectivity index (χ1n) is 9.83.